The summed E-state index contributed by atoms with van der Waals surface area (Å²) in [5.41, 5.74) is 0. The number of pyridine rings is 1. The number of hydrogen-bond acceptors (Lipinski definition) is 2. The van der Waals surface area contributed by atoms with Crippen molar-refractivity contribution >= 4 is 0 Å². The molecule has 0 atom stereocenters. The van der Waals surface area contributed by atoms with Gasteiger partial charge in [0.15, 0.2) is 0 Å². The number of ether oxygens (including phenoxy) is 1. The highest BCUT2D eigenvalue weighted by Gasteiger charge is 2.02. The quantitative estimate of drug-likeness (QED) is 0.753. The topological polar surface area (TPSA) is 22.1 Å². The van der Waals surface area contributed by atoms with Gasteiger partial charge >= 0.3 is 0 Å². The molecule has 4 heteroatoms. The summed E-state index contributed by atoms with van der Waals surface area (Å²) < 4.78 is 30.7. The number of nitrogens with zero attached hydrogens (tertiary/aromatic N) is 1. The molecule has 0 saturated heterocycles. The first-order valence-corrected chi connectivity index (χ1v) is 4.20. The molecule has 1 heterocycles. The Morgan fingerprint density at radius 1 is 1.13 bits per heavy atom. The van der Waals surface area contributed by atoms with Crippen LogP contribution in [-0.2, 0) is 0 Å². The predicted molar refractivity (Wildman–Crippen MR) is 49.5 cm³/mol. The molecule has 1 radical (unpaired) electrons. The average Bonchev–Trinajstić information content (AvgIpc) is 2.17. The molecule has 0 amide bonds. The predicted octanol–water partition coefficient (Wildman–Crippen LogP) is 2.95. The van der Waals surface area contributed by atoms with Crippen LogP contribution in [0.3, 0.4) is 0 Å². The van der Waals surface area contributed by atoms with Crippen LogP contribution in [0.5, 0.6) is 11.6 Å². The summed E-state index contributed by atoms with van der Waals surface area (Å²) in [6.45, 7) is 0. The van der Waals surface area contributed by atoms with Gasteiger partial charge in [-0.15, -0.1) is 0 Å². The maximum Gasteiger partial charge on any atom is 0.219 e. The van der Waals surface area contributed by atoms with E-state index >= 15 is 0 Å². The molecule has 0 aliphatic rings. The van der Waals surface area contributed by atoms with E-state index in [-0.39, 0.29) is 11.6 Å². The van der Waals surface area contributed by atoms with Crippen LogP contribution in [0.15, 0.2) is 36.5 Å². The van der Waals surface area contributed by atoms with Gasteiger partial charge in [-0.05, 0) is 6.07 Å². The largest absolute Gasteiger partial charge is 0.439 e. The van der Waals surface area contributed by atoms with Crippen LogP contribution in [0, 0.1) is 17.7 Å². The number of hydrogen-bond donors (Lipinski definition) is 0. The van der Waals surface area contributed by atoms with Crippen LogP contribution >= 0.6 is 0 Å². The highest BCUT2D eigenvalue weighted by Crippen LogP contribution is 2.20. The third-order valence-corrected chi connectivity index (χ3v) is 1.65. The molecule has 0 unspecified atom stereocenters. The Morgan fingerprint density at radius 2 is 1.87 bits per heavy atom. The Hall–Kier alpha value is -1.97. The van der Waals surface area contributed by atoms with Crippen molar-refractivity contribution in [2.45, 2.75) is 0 Å². The number of benzene rings is 1. The molecule has 0 aliphatic carbocycles. The standard InChI is InChI=1S/C11H6F2NO/c12-8-5-9(13)7-10(6-8)15-11-3-1-2-4-14-11/h1,3-7H. The summed E-state index contributed by atoms with van der Waals surface area (Å²) in [4.78, 5) is 3.81. The fourth-order valence-electron chi connectivity index (χ4n) is 1.07. The molecule has 75 valence electrons. The molecule has 0 fully saturated rings. The summed E-state index contributed by atoms with van der Waals surface area (Å²) in [7, 11) is 0. The minimum atomic E-state index is -0.688. The Balaban J connectivity index is 2.25. The zero-order valence-electron chi connectivity index (χ0n) is 7.58. The van der Waals surface area contributed by atoms with E-state index in [1.54, 1.807) is 12.1 Å². The molecule has 1 aromatic heterocycles. The van der Waals surface area contributed by atoms with E-state index in [9.17, 15) is 8.78 Å². The van der Waals surface area contributed by atoms with Gasteiger partial charge in [0.05, 0.1) is 0 Å². The lowest BCUT2D eigenvalue weighted by Crippen LogP contribution is -1.89. The fourth-order valence-corrected chi connectivity index (χ4v) is 1.07. The second kappa shape index (κ2) is 4.04. The first-order valence-electron chi connectivity index (χ1n) is 4.20. The maximum atomic E-state index is 12.8. The lowest BCUT2D eigenvalue weighted by atomic mass is 10.3. The van der Waals surface area contributed by atoms with Gasteiger partial charge in [-0.25, -0.2) is 13.8 Å². The number of aromatic nitrogens is 1. The van der Waals surface area contributed by atoms with Gasteiger partial charge < -0.3 is 4.74 Å². The third-order valence-electron chi connectivity index (χ3n) is 1.65. The summed E-state index contributed by atoms with van der Waals surface area (Å²) in [6.07, 6.45) is 1.41. The van der Waals surface area contributed by atoms with Crippen molar-refractivity contribution in [3.8, 4) is 11.6 Å². The van der Waals surface area contributed by atoms with Crippen LogP contribution < -0.4 is 4.74 Å². The van der Waals surface area contributed by atoms with Gasteiger partial charge in [0.2, 0.25) is 5.88 Å². The molecule has 2 aromatic rings. The zero-order chi connectivity index (χ0) is 10.7. The van der Waals surface area contributed by atoms with Crippen molar-refractivity contribution in [3.63, 3.8) is 0 Å². The molecule has 0 bridgehead atoms. The summed E-state index contributed by atoms with van der Waals surface area (Å²) in [5.74, 6) is -1.04. The first kappa shape index (κ1) is 9.58. The van der Waals surface area contributed by atoms with E-state index in [1.165, 1.54) is 6.20 Å². The SMILES string of the molecule is Fc1cc(F)cc(Oc2cc[c]cn2)c1. The highest BCUT2D eigenvalue weighted by molar-refractivity contribution is 5.27. The zero-order valence-corrected chi connectivity index (χ0v) is 7.58. The fraction of sp³-hybridized carbons (Fsp3) is 0. The second-order valence-corrected chi connectivity index (χ2v) is 2.80. The minimum absolute atomic E-state index is 0.0752. The molecule has 2 rings (SSSR count). The van der Waals surface area contributed by atoms with E-state index in [0.29, 0.717) is 0 Å². The molecule has 2 nitrogen and oxygen atoms in total. The van der Waals surface area contributed by atoms with Crippen molar-refractivity contribution in [1.82, 2.24) is 4.98 Å². The van der Waals surface area contributed by atoms with Gasteiger partial charge in [-0.1, -0.05) is 0 Å². The van der Waals surface area contributed by atoms with Crippen molar-refractivity contribution in [1.29, 1.82) is 0 Å². The maximum absolute atomic E-state index is 12.8. The summed E-state index contributed by atoms with van der Waals surface area (Å²) in [6, 6.07) is 8.79. The van der Waals surface area contributed by atoms with E-state index < -0.39 is 11.6 Å². The first-order chi connectivity index (χ1) is 7.24. The lowest BCUT2D eigenvalue weighted by Gasteiger charge is -2.03. The highest BCUT2D eigenvalue weighted by atomic mass is 19.1. The smallest absolute Gasteiger partial charge is 0.219 e. The van der Waals surface area contributed by atoms with Gasteiger partial charge in [0.25, 0.3) is 0 Å². The summed E-state index contributed by atoms with van der Waals surface area (Å²) >= 11 is 0. The van der Waals surface area contributed by atoms with E-state index in [2.05, 4.69) is 11.1 Å². The Labute approximate surface area is 85.2 Å². The Morgan fingerprint density at radius 3 is 2.47 bits per heavy atom. The molecule has 0 aliphatic heterocycles. The van der Waals surface area contributed by atoms with Crippen LogP contribution in [0.1, 0.15) is 0 Å². The van der Waals surface area contributed by atoms with Crippen LogP contribution in [-0.4, -0.2) is 4.98 Å². The van der Waals surface area contributed by atoms with Gasteiger partial charge in [0.1, 0.15) is 17.4 Å². The van der Waals surface area contributed by atoms with Crippen molar-refractivity contribution < 1.29 is 13.5 Å². The van der Waals surface area contributed by atoms with E-state index in [4.69, 9.17) is 4.74 Å². The molecule has 15 heavy (non-hydrogen) atoms. The lowest BCUT2D eigenvalue weighted by molar-refractivity contribution is 0.451. The Kier molecular flexibility index (Phi) is 2.58. The number of halogens is 2. The van der Waals surface area contributed by atoms with Crippen LogP contribution in [0.25, 0.3) is 0 Å². The molecular weight excluding hydrogens is 200 g/mol. The summed E-state index contributed by atoms with van der Waals surface area (Å²) in [5, 5.41) is 0. The normalized spacial score (nSPS) is 10.0. The third kappa shape index (κ3) is 2.49. The van der Waals surface area contributed by atoms with Crippen molar-refractivity contribution in [3.05, 3.63) is 54.2 Å². The second-order valence-electron chi connectivity index (χ2n) is 2.80. The molecular formula is C11H6F2NO. The number of rotatable bonds is 2. The van der Waals surface area contributed by atoms with Crippen LogP contribution in [0.4, 0.5) is 8.78 Å². The van der Waals surface area contributed by atoms with E-state index in [0.717, 1.165) is 18.2 Å². The van der Waals surface area contributed by atoms with Gasteiger partial charge in [0, 0.05) is 36.5 Å². The van der Waals surface area contributed by atoms with Crippen molar-refractivity contribution in [2.75, 3.05) is 0 Å². The minimum Gasteiger partial charge on any atom is -0.439 e. The van der Waals surface area contributed by atoms with Crippen LogP contribution in [0.2, 0.25) is 0 Å². The van der Waals surface area contributed by atoms with Gasteiger partial charge in [-0.2, -0.15) is 0 Å². The molecule has 0 spiro atoms. The molecule has 1 aromatic carbocycles. The molecule has 0 saturated carbocycles. The average molecular weight is 206 g/mol. The molecule has 0 N–H and O–H groups in total. The van der Waals surface area contributed by atoms with E-state index in [1.807, 2.05) is 0 Å². The monoisotopic (exact) mass is 206 g/mol. The van der Waals surface area contributed by atoms with Crippen molar-refractivity contribution in [2.24, 2.45) is 0 Å². The van der Waals surface area contributed by atoms with Gasteiger partial charge in [-0.3, -0.25) is 0 Å². The Bertz CT molecular complexity index is 439.